The smallest absolute Gasteiger partial charge is 0.257 e. The van der Waals surface area contributed by atoms with Crippen molar-refractivity contribution in [2.75, 3.05) is 5.32 Å². The highest BCUT2D eigenvalue weighted by Crippen LogP contribution is 2.16. The first-order chi connectivity index (χ1) is 8.16. The number of hydrogen-bond acceptors (Lipinski definition) is 3. The quantitative estimate of drug-likeness (QED) is 0.867. The predicted molar refractivity (Wildman–Crippen MR) is 69.1 cm³/mol. The summed E-state index contributed by atoms with van der Waals surface area (Å²) in [6, 6.07) is 5.04. The summed E-state index contributed by atoms with van der Waals surface area (Å²) >= 11 is 9.08. The molecule has 0 saturated heterocycles. The Hall–Kier alpha value is -1.46. The number of hydrogen-bond donors (Lipinski definition) is 1. The monoisotopic (exact) mass is 311 g/mol. The van der Waals surface area contributed by atoms with Gasteiger partial charge < -0.3 is 5.32 Å². The van der Waals surface area contributed by atoms with Gasteiger partial charge in [-0.25, -0.2) is 4.98 Å². The summed E-state index contributed by atoms with van der Waals surface area (Å²) in [7, 11) is 0. The molecule has 0 aliphatic carbocycles. The summed E-state index contributed by atoms with van der Waals surface area (Å²) in [6.45, 7) is 0. The fourth-order valence-corrected chi connectivity index (χ4v) is 1.65. The van der Waals surface area contributed by atoms with Gasteiger partial charge in [0, 0.05) is 12.4 Å². The Morgan fingerprint density at radius 1 is 1.29 bits per heavy atom. The lowest BCUT2D eigenvalue weighted by atomic mass is 10.2. The Labute approximate surface area is 111 Å². The Morgan fingerprint density at radius 3 is 2.76 bits per heavy atom. The second-order valence-corrected chi connectivity index (χ2v) is 4.40. The number of amides is 1. The van der Waals surface area contributed by atoms with Crippen LogP contribution in [0.15, 0.2) is 41.4 Å². The minimum Gasteiger partial charge on any atom is -0.321 e. The van der Waals surface area contributed by atoms with Crippen molar-refractivity contribution >= 4 is 39.1 Å². The maximum Gasteiger partial charge on any atom is 0.257 e. The van der Waals surface area contributed by atoms with Crippen LogP contribution in [0.25, 0.3) is 0 Å². The normalized spacial score (nSPS) is 10.0. The zero-order valence-corrected chi connectivity index (χ0v) is 10.9. The van der Waals surface area contributed by atoms with Crippen molar-refractivity contribution in [2.24, 2.45) is 0 Å². The van der Waals surface area contributed by atoms with Gasteiger partial charge in [0.05, 0.1) is 22.5 Å². The molecule has 0 bridgehead atoms. The van der Waals surface area contributed by atoms with E-state index in [1.165, 1.54) is 12.4 Å². The van der Waals surface area contributed by atoms with Crippen LogP contribution >= 0.6 is 27.5 Å². The van der Waals surface area contributed by atoms with Crippen LogP contribution in [-0.2, 0) is 0 Å². The van der Waals surface area contributed by atoms with Gasteiger partial charge in [-0.3, -0.25) is 9.78 Å². The molecule has 0 radical (unpaired) electrons. The molecule has 2 aromatic heterocycles. The summed E-state index contributed by atoms with van der Waals surface area (Å²) < 4.78 is 0.706. The van der Waals surface area contributed by atoms with E-state index in [-0.39, 0.29) is 5.91 Å². The summed E-state index contributed by atoms with van der Waals surface area (Å²) in [5.41, 5.74) is 0.982. The van der Waals surface area contributed by atoms with E-state index in [0.717, 1.165) is 0 Å². The molecule has 0 spiro atoms. The molecule has 17 heavy (non-hydrogen) atoms. The largest absolute Gasteiger partial charge is 0.321 e. The minimum atomic E-state index is -0.290. The van der Waals surface area contributed by atoms with Crippen LogP contribution in [-0.4, -0.2) is 15.9 Å². The Balaban J connectivity index is 2.17. The Bertz CT molecular complexity index is 545. The zero-order valence-electron chi connectivity index (χ0n) is 8.52. The van der Waals surface area contributed by atoms with Crippen LogP contribution in [0.4, 0.5) is 5.69 Å². The average Bonchev–Trinajstić information content (AvgIpc) is 2.32. The molecule has 0 aromatic carbocycles. The average molecular weight is 313 g/mol. The van der Waals surface area contributed by atoms with Gasteiger partial charge in [-0.05, 0) is 34.1 Å². The lowest BCUT2D eigenvalue weighted by molar-refractivity contribution is 0.102. The van der Waals surface area contributed by atoms with E-state index in [4.69, 9.17) is 11.6 Å². The van der Waals surface area contributed by atoms with Gasteiger partial charge in [-0.1, -0.05) is 11.6 Å². The highest BCUT2D eigenvalue weighted by molar-refractivity contribution is 9.10. The predicted octanol–water partition coefficient (Wildman–Crippen LogP) is 3.14. The molecule has 0 aliphatic heterocycles. The molecule has 4 nitrogen and oxygen atoms in total. The molecule has 86 valence electrons. The van der Waals surface area contributed by atoms with Gasteiger partial charge in [0.1, 0.15) is 4.60 Å². The molecule has 0 atom stereocenters. The van der Waals surface area contributed by atoms with Crippen LogP contribution in [0.3, 0.4) is 0 Å². The van der Waals surface area contributed by atoms with Crippen molar-refractivity contribution in [3.63, 3.8) is 0 Å². The molecule has 2 heterocycles. The third-order valence-electron chi connectivity index (χ3n) is 2.00. The van der Waals surface area contributed by atoms with Crippen molar-refractivity contribution in [1.29, 1.82) is 0 Å². The third-order valence-corrected chi connectivity index (χ3v) is 2.77. The lowest BCUT2D eigenvalue weighted by Gasteiger charge is -2.05. The second-order valence-electron chi connectivity index (χ2n) is 3.18. The van der Waals surface area contributed by atoms with Crippen LogP contribution < -0.4 is 5.32 Å². The number of aromatic nitrogens is 2. The first kappa shape index (κ1) is 12.0. The number of anilines is 1. The maximum atomic E-state index is 11.9. The summed E-state index contributed by atoms with van der Waals surface area (Å²) in [4.78, 5) is 19.7. The standard InChI is InChI=1S/C11H7BrClN3O/c12-10-2-1-7(5-15-10)16-11(17)8-3-4-14-6-9(8)13/h1-6H,(H,16,17). The van der Waals surface area contributed by atoms with Crippen molar-refractivity contribution in [3.8, 4) is 0 Å². The molecule has 0 fully saturated rings. The van der Waals surface area contributed by atoms with Gasteiger partial charge in [-0.15, -0.1) is 0 Å². The van der Waals surface area contributed by atoms with Crippen LogP contribution in [0.2, 0.25) is 5.02 Å². The Kier molecular flexibility index (Phi) is 3.71. The SMILES string of the molecule is O=C(Nc1ccc(Br)nc1)c1ccncc1Cl. The maximum absolute atomic E-state index is 11.9. The molecule has 0 unspecified atom stereocenters. The molecular weight excluding hydrogens is 305 g/mol. The highest BCUT2D eigenvalue weighted by Gasteiger charge is 2.10. The van der Waals surface area contributed by atoms with E-state index in [1.807, 2.05) is 0 Å². The van der Waals surface area contributed by atoms with E-state index in [2.05, 4.69) is 31.2 Å². The third kappa shape index (κ3) is 3.01. The number of nitrogens with zero attached hydrogens (tertiary/aromatic N) is 2. The molecule has 6 heteroatoms. The van der Waals surface area contributed by atoms with Gasteiger partial charge in [0.25, 0.3) is 5.91 Å². The van der Waals surface area contributed by atoms with E-state index in [9.17, 15) is 4.79 Å². The first-order valence-corrected chi connectivity index (χ1v) is 5.86. The number of nitrogens with one attached hydrogen (secondary N) is 1. The second kappa shape index (κ2) is 5.25. The van der Waals surface area contributed by atoms with Crippen molar-refractivity contribution in [3.05, 3.63) is 52.0 Å². The van der Waals surface area contributed by atoms with Gasteiger partial charge >= 0.3 is 0 Å². The fraction of sp³-hybridized carbons (Fsp3) is 0. The molecule has 0 saturated carbocycles. The van der Waals surface area contributed by atoms with E-state index in [1.54, 1.807) is 24.4 Å². The van der Waals surface area contributed by atoms with Gasteiger partial charge in [0.2, 0.25) is 0 Å². The van der Waals surface area contributed by atoms with E-state index < -0.39 is 0 Å². The van der Waals surface area contributed by atoms with Crippen LogP contribution in [0.5, 0.6) is 0 Å². The van der Waals surface area contributed by atoms with E-state index >= 15 is 0 Å². The molecule has 2 rings (SSSR count). The summed E-state index contributed by atoms with van der Waals surface area (Å²) in [5, 5.41) is 3.01. The van der Waals surface area contributed by atoms with Crippen molar-refractivity contribution in [1.82, 2.24) is 9.97 Å². The topological polar surface area (TPSA) is 54.9 Å². The number of carbonyl (C=O) groups excluding carboxylic acids is 1. The molecule has 2 aromatic rings. The fourth-order valence-electron chi connectivity index (χ4n) is 1.21. The van der Waals surface area contributed by atoms with E-state index in [0.29, 0.717) is 20.9 Å². The molecule has 1 amide bonds. The minimum absolute atomic E-state index is 0.290. The van der Waals surface area contributed by atoms with Crippen molar-refractivity contribution in [2.45, 2.75) is 0 Å². The zero-order chi connectivity index (χ0) is 12.3. The van der Waals surface area contributed by atoms with Gasteiger partial charge in [0.15, 0.2) is 0 Å². The number of carbonyl (C=O) groups is 1. The summed E-state index contributed by atoms with van der Waals surface area (Å²) in [6.07, 6.45) is 4.49. The summed E-state index contributed by atoms with van der Waals surface area (Å²) in [5.74, 6) is -0.290. The molecule has 1 N–H and O–H groups in total. The van der Waals surface area contributed by atoms with Crippen molar-refractivity contribution < 1.29 is 4.79 Å². The lowest BCUT2D eigenvalue weighted by Crippen LogP contribution is -2.12. The first-order valence-electron chi connectivity index (χ1n) is 4.69. The van der Waals surface area contributed by atoms with Crippen LogP contribution in [0.1, 0.15) is 10.4 Å². The number of halogens is 2. The highest BCUT2D eigenvalue weighted by atomic mass is 79.9. The molecule has 0 aliphatic rings. The molecular formula is C11H7BrClN3O. The van der Waals surface area contributed by atoms with Crippen LogP contribution in [0, 0.1) is 0 Å². The Morgan fingerprint density at radius 2 is 2.12 bits per heavy atom. The number of pyridine rings is 2. The number of rotatable bonds is 2. The van der Waals surface area contributed by atoms with Gasteiger partial charge in [-0.2, -0.15) is 0 Å².